The zero-order valence-corrected chi connectivity index (χ0v) is 10.6. The maximum absolute atomic E-state index is 12.8. The molecule has 0 aliphatic heterocycles. The molecule has 0 bridgehead atoms. The zero-order chi connectivity index (χ0) is 12.3. The van der Waals surface area contributed by atoms with Crippen LogP contribution in [0.1, 0.15) is 5.56 Å². The van der Waals surface area contributed by atoms with Crippen LogP contribution in [0.15, 0.2) is 46.9 Å². The van der Waals surface area contributed by atoms with Crippen LogP contribution in [0.3, 0.4) is 0 Å². The molecule has 2 aromatic rings. The van der Waals surface area contributed by atoms with Gasteiger partial charge in [0.05, 0.1) is 5.69 Å². The van der Waals surface area contributed by atoms with Crippen LogP contribution >= 0.6 is 15.9 Å². The van der Waals surface area contributed by atoms with Crippen LogP contribution in [-0.2, 0) is 6.61 Å². The fraction of sp³-hybridized carbons (Fsp3) is 0.0769. The Labute approximate surface area is 107 Å². The van der Waals surface area contributed by atoms with E-state index in [0.29, 0.717) is 18.0 Å². The molecule has 0 aliphatic carbocycles. The molecule has 0 atom stereocenters. The number of ether oxygens (including phenoxy) is 1. The Morgan fingerprint density at radius 1 is 1.18 bits per heavy atom. The van der Waals surface area contributed by atoms with Crippen LogP contribution in [0.4, 0.5) is 10.1 Å². The lowest BCUT2D eigenvalue weighted by Gasteiger charge is -2.09. The lowest BCUT2D eigenvalue weighted by molar-refractivity contribution is 0.307. The summed E-state index contributed by atoms with van der Waals surface area (Å²) < 4.78 is 19.3. The molecular weight excluding hydrogens is 285 g/mol. The highest BCUT2D eigenvalue weighted by Crippen LogP contribution is 2.24. The molecule has 2 rings (SSSR count). The summed E-state index contributed by atoms with van der Waals surface area (Å²) >= 11 is 3.43. The van der Waals surface area contributed by atoms with Gasteiger partial charge in [-0.05, 0) is 18.2 Å². The fourth-order valence-corrected chi connectivity index (χ4v) is 1.82. The summed E-state index contributed by atoms with van der Waals surface area (Å²) in [6.45, 7) is 0.386. The molecule has 0 aliphatic rings. The second-order valence-corrected chi connectivity index (χ2v) is 4.42. The highest BCUT2D eigenvalue weighted by molar-refractivity contribution is 9.10. The first-order valence-electron chi connectivity index (χ1n) is 5.08. The van der Waals surface area contributed by atoms with Crippen LogP contribution in [0, 0.1) is 5.82 Å². The van der Waals surface area contributed by atoms with Gasteiger partial charge in [0.1, 0.15) is 18.2 Å². The van der Waals surface area contributed by atoms with E-state index in [9.17, 15) is 4.39 Å². The van der Waals surface area contributed by atoms with Gasteiger partial charge in [0.2, 0.25) is 0 Å². The standard InChI is InChI=1S/C13H11BrFNO/c14-11-4-2-1-3-9(11)8-17-13-6-5-10(15)7-12(13)16/h1-7H,8,16H2. The maximum Gasteiger partial charge on any atom is 0.142 e. The first-order chi connectivity index (χ1) is 8.16. The SMILES string of the molecule is Nc1cc(F)ccc1OCc1ccccc1Br. The lowest BCUT2D eigenvalue weighted by Crippen LogP contribution is -1.99. The largest absolute Gasteiger partial charge is 0.487 e. The van der Waals surface area contributed by atoms with Crippen molar-refractivity contribution in [2.24, 2.45) is 0 Å². The minimum absolute atomic E-state index is 0.303. The maximum atomic E-state index is 12.8. The topological polar surface area (TPSA) is 35.2 Å². The van der Waals surface area contributed by atoms with Crippen molar-refractivity contribution in [1.29, 1.82) is 0 Å². The third kappa shape index (κ3) is 2.97. The number of benzene rings is 2. The number of rotatable bonds is 3. The van der Waals surface area contributed by atoms with E-state index >= 15 is 0 Å². The molecule has 0 saturated carbocycles. The van der Waals surface area contributed by atoms with Crippen LogP contribution in [0.25, 0.3) is 0 Å². The molecule has 0 aromatic heterocycles. The van der Waals surface area contributed by atoms with Gasteiger partial charge in [0.25, 0.3) is 0 Å². The Bertz CT molecular complexity index is 531. The van der Waals surface area contributed by atoms with E-state index in [1.54, 1.807) is 0 Å². The zero-order valence-electron chi connectivity index (χ0n) is 8.99. The molecule has 0 radical (unpaired) electrons. The Kier molecular flexibility index (Phi) is 3.64. The second kappa shape index (κ2) is 5.19. The van der Waals surface area contributed by atoms with Crippen molar-refractivity contribution in [3.05, 3.63) is 58.3 Å². The Hall–Kier alpha value is -1.55. The number of hydrogen-bond donors (Lipinski definition) is 1. The highest BCUT2D eigenvalue weighted by atomic mass is 79.9. The fourth-order valence-electron chi connectivity index (χ4n) is 1.42. The van der Waals surface area contributed by atoms with E-state index < -0.39 is 0 Å². The van der Waals surface area contributed by atoms with Crippen molar-refractivity contribution >= 4 is 21.6 Å². The van der Waals surface area contributed by atoms with E-state index in [1.165, 1.54) is 18.2 Å². The van der Waals surface area contributed by atoms with Crippen molar-refractivity contribution in [3.63, 3.8) is 0 Å². The molecule has 88 valence electrons. The third-order valence-electron chi connectivity index (χ3n) is 2.31. The number of hydrogen-bond acceptors (Lipinski definition) is 2. The summed E-state index contributed by atoms with van der Waals surface area (Å²) in [5.41, 5.74) is 6.96. The van der Waals surface area contributed by atoms with Crippen LogP contribution in [-0.4, -0.2) is 0 Å². The van der Waals surface area contributed by atoms with Crippen molar-refractivity contribution in [2.75, 3.05) is 5.73 Å². The molecule has 17 heavy (non-hydrogen) atoms. The number of nitrogen functional groups attached to an aromatic ring is 1. The van der Waals surface area contributed by atoms with Gasteiger partial charge in [-0.15, -0.1) is 0 Å². The predicted octanol–water partition coefficient (Wildman–Crippen LogP) is 3.75. The number of halogens is 2. The molecule has 2 aromatic carbocycles. The van der Waals surface area contributed by atoms with Gasteiger partial charge in [0, 0.05) is 16.1 Å². The van der Waals surface area contributed by atoms with Crippen molar-refractivity contribution in [2.45, 2.75) is 6.61 Å². The summed E-state index contributed by atoms with van der Waals surface area (Å²) in [5.74, 6) is 0.123. The minimum Gasteiger partial charge on any atom is -0.487 e. The number of nitrogens with two attached hydrogens (primary N) is 1. The van der Waals surface area contributed by atoms with Crippen LogP contribution in [0.5, 0.6) is 5.75 Å². The minimum atomic E-state index is -0.365. The molecule has 0 unspecified atom stereocenters. The van der Waals surface area contributed by atoms with Gasteiger partial charge in [0.15, 0.2) is 0 Å². The molecule has 0 amide bonds. The van der Waals surface area contributed by atoms with Crippen LogP contribution < -0.4 is 10.5 Å². The second-order valence-electron chi connectivity index (χ2n) is 3.56. The van der Waals surface area contributed by atoms with Crippen molar-refractivity contribution < 1.29 is 9.13 Å². The van der Waals surface area contributed by atoms with Crippen molar-refractivity contribution in [1.82, 2.24) is 0 Å². The quantitative estimate of drug-likeness (QED) is 0.875. The van der Waals surface area contributed by atoms with Gasteiger partial charge in [-0.25, -0.2) is 4.39 Å². The molecule has 2 N–H and O–H groups in total. The van der Waals surface area contributed by atoms with E-state index in [1.807, 2.05) is 24.3 Å². The summed E-state index contributed by atoms with van der Waals surface area (Å²) in [7, 11) is 0. The Morgan fingerprint density at radius 3 is 2.65 bits per heavy atom. The molecule has 2 nitrogen and oxygen atoms in total. The van der Waals surface area contributed by atoms with Gasteiger partial charge in [-0.3, -0.25) is 0 Å². The normalized spacial score (nSPS) is 10.2. The average Bonchev–Trinajstić information content (AvgIpc) is 2.30. The summed E-state index contributed by atoms with van der Waals surface area (Å²) in [4.78, 5) is 0. The van der Waals surface area contributed by atoms with E-state index in [-0.39, 0.29) is 5.82 Å². The van der Waals surface area contributed by atoms with Crippen LogP contribution in [0.2, 0.25) is 0 Å². The predicted molar refractivity (Wildman–Crippen MR) is 69.3 cm³/mol. The van der Waals surface area contributed by atoms with E-state index in [4.69, 9.17) is 10.5 Å². The average molecular weight is 296 g/mol. The Balaban J connectivity index is 2.10. The highest BCUT2D eigenvalue weighted by Gasteiger charge is 2.04. The monoisotopic (exact) mass is 295 g/mol. The van der Waals surface area contributed by atoms with Gasteiger partial charge in [-0.1, -0.05) is 34.1 Å². The molecular formula is C13H11BrFNO. The van der Waals surface area contributed by atoms with Gasteiger partial charge < -0.3 is 10.5 Å². The first-order valence-corrected chi connectivity index (χ1v) is 5.87. The molecule has 0 saturated heterocycles. The molecule has 4 heteroatoms. The summed E-state index contributed by atoms with van der Waals surface area (Å²) in [6, 6.07) is 11.8. The molecule has 0 heterocycles. The molecule has 0 spiro atoms. The Morgan fingerprint density at radius 2 is 1.94 bits per heavy atom. The smallest absolute Gasteiger partial charge is 0.142 e. The number of anilines is 1. The van der Waals surface area contributed by atoms with E-state index in [0.717, 1.165) is 10.0 Å². The summed E-state index contributed by atoms with van der Waals surface area (Å²) in [5, 5.41) is 0. The third-order valence-corrected chi connectivity index (χ3v) is 3.09. The lowest BCUT2D eigenvalue weighted by atomic mass is 10.2. The summed E-state index contributed by atoms with van der Waals surface area (Å²) in [6.07, 6.45) is 0. The molecule has 0 fully saturated rings. The first kappa shape index (κ1) is 11.9. The van der Waals surface area contributed by atoms with E-state index in [2.05, 4.69) is 15.9 Å². The van der Waals surface area contributed by atoms with Gasteiger partial charge >= 0.3 is 0 Å². The van der Waals surface area contributed by atoms with Crippen molar-refractivity contribution in [3.8, 4) is 5.75 Å². The van der Waals surface area contributed by atoms with Gasteiger partial charge in [-0.2, -0.15) is 0 Å².